The van der Waals surface area contributed by atoms with Gasteiger partial charge in [0.25, 0.3) is 0 Å². The molecule has 7 heteroatoms. The summed E-state index contributed by atoms with van der Waals surface area (Å²) in [6.45, 7) is 10.9. The SMILES string of the molecule is C[Si](C)(CCCCOc1ccc(Cl)cc1)O[Si](C)(C)CCCCOc1ccc(Cl)cc1. The molecular formula is C24H36Cl2O3Si2. The van der Waals surface area contributed by atoms with E-state index in [1.165, 1.54) is 12.1 Å². The maximum absolute atomic E-state index is 6.75. The normalized spacial score (nSPS) is 12.1. The summed E-state index contributed by atoms with van der Waals surface area (Å²) in [7, 11) is -3.31. The van der Waals surface area contributed by atoms with Gasteiger partial charge in [-0.1, -0.05) is 36.0 Å². The van der Waals surface area contributed by atoms with Gasteiger partial charge in [0.05, 0.1) is 13.2 Å². The lowest BCUT2D eigenvalue weighted by molar-refractivity contribution is 0.308. The van der Waals surface area contributed by atoms with Crippen molar-refractivity contribution in [3.8, 4) is 11.5 Å². The lowest BCUT2D eigenvalue weighted by Gasteiger charge is -2.34. The van der Waals surface area contributed by atoms with Crippen molar-refractivity contribution in [1.82, 2.24) is 0 Å². The van der Waals surface area contributed by atoms with Crippen LogP contribution in [0.4, 0.5) is 0 Å². The van der Waals surface area contributed by atoms with Crippen molar-refractivity contribution in [1.29, 1.82) is 0 Å². The van der Waals surface area contributed by atoms with Crippen LogP contribution < -0.4 is 9.47 Å². The third-order valence-corrected chi connectivity index (χ3v) is 13.1. The molecule has 2 aromatic rings. The Morgan fingerprint density at radius 1 is 0.581 bits per heavy atom. The van der Waals surface area contributed by atoms with Crippen molar-refractivity contribution in [3.05, 3.63) is 58.6 Å². The quantitative estimate of drug-likeness (QED) is 0.193. The van der Waals surface area contributed by atoms with E-state index in [1.807, 2.05) is 48.5 Å². The molecule has 2 aromatic carbocycles. The molecule has 0 aromatic heterocycles. The second-order valence-electron chi connectivity index (χ2n) is 9.14. The zero-order chi connectivity index (χ0) is 22.7. The average Bonchev–Trinajstić information content (AvgIpc) is 2.69. The minimum Gasteiger partial charge on any atom is -0.494 e. The van der Waals surface area contributed by atoms with Crippen LogP contribution in [0.1, 0.15) is 25.7 Å². The predicted molar refractivity (Wildman–Crippen MR) is 138 cm³/mol. The summed E-state index contributed by atoms with van der Waals surface area (Å²) in [5.41, 5.74) is 0. The van der Waals surface area contributed by atoms with E-state index < -0.39 is 16.6 Å². The van der Waals surface area contributed by atoms with Gasteiger partial charge in [0.1, 0.15) is 11.5 Å². The summed E-state index contributed by atoms with van der Waals surface area (Å²) in [6.07, 6.45) is 4.39. The van der Waals surface area contributed by atoms with Gasteiger partial charge in [0, 0.05) is 10.0 Å². The highest BCUT2D eigenvalue weighted by atomic mass is 35.5. The van der Waals surface area contributed by atoms with Crippen LogP contribution in [0.15, 0.2) is 48.5 Å². The standard InChI is InChI=1S/C24H36Cl2O3Si2/c1-30(2,19-7-5-17-27-23-13-9-21(25)10-14-23)29-31(3,4)20-8-6-18-28-24-15-11-22(26)12-16-24/h9-16H,5-8,17-20H2,1-4H3. The van der Waals surface area contributed by atoms with Crippen LogP contribution in [0.2, 0.25) is 48.3 Å². The van der Waals surface area contributed by atoms with Gasteiger partial charge in [-0.05, 0) is 99.6 Å². The minimum atomic E-state index is -1.66. The van der Waals surface area contributed by atoms with E-state index in [0.29, 0.717) is 0 Å². The third kappa shape index (κ3) is 11.4. The zero-order valence-corrected chi connectivity index (χ0v) is 22.8. The average molecular weight is 500 g/mol. The highest BCUT2D eigenvalue weighted by molar-refractivity contribution is 6.84. The van der Waals surface area contributed by atoms with Crippen molar-refractivity contribution >= 4 is 39.8 Å². The van der Waals surface area contributed by atoms with E-state index in [0.717, 1.165) is 60.4 Å². The molecule has 0 radical (unpaired) electrons. The Hall–Kier alpha value is -0.986. The maximum atomic E-state index is 6.75. The van der Waals surface area contributed by atoms with E-state index >= 15 is 0 Å². The number of hydrogen-bond donors (Lipinski definition) is 0. The number of unbranched alkanes of at least 4 members (excludes halogenated alkanes) is 2. The fourth-order valence-electron chi connectivity index (χ4n) is 3.60. The number of halogens is 2. The summed E-state index contributed by atoms with van der Waals surface area (Å²) in [5, 5.41) is 1.47. The van der Waals surface area contributed by atoms with Crippen LogP contribution in [0.5, 0.6) is 11.5 Å². The van der Waals surface area contributed by atoms with Gasteiger partial charge in [-0.3, -0.25) is 0 Å². The molecule has 0 saturated carbocycles. The van der Waals surface area contributed by atoms with E-state index in [4.69, 9.17) is 36.8 Å². The van der Waals surface area contributed by atoms with Crippen LogP contribution in [0.25, 0.3) is 0 Å². The molecule has 0 fully saturated rings. The van der Waals surface area contributed by atoms with Crippen molar-refractivity contribution in [2.75, 3.05) is 13.2 Å². The second kappa shape index (κ2) is 12.9. The van der Waals surface area contributed by atoms with Crippen LogP contribution in [0, 0.1) is 0 Å². The van der Waals surface area contributed by atoms with Crippen molar-refractivity contribution in [2.24, 2.45) is 0 Å². The van der Waals surface area contributed by atoms with Gasteiger partial charge < -0.3 is 13.6 Å². The Labute approximate surface area is 200 Å². The fourth-order valence-corrected chi connectivity index (χ4v) is 12.9. The molecule has 0 amide bonds. The number of benzene rings is 2. The molecule has 0 aliphatic rings. The minimum absolute atomic E-state index is 0.734. The highest BCUT2D eigenvalue weighted by Crippen LogP contribution is 2.25. The summed E-state index contributed by atoms with van der Waals surface area (Å²) in [4.78, 5) is 0. The number of ether oxygens (including phenoxy) is 2. The van der Waals surface area contributed by atoms with E-state index in [9.17, 15) is 0 Å². The number of rotatable bonds is 14. The van der Waals surface area contributed by atoms with Crippen molar-refractivity contribution in [2.45, 2.75) is 64.0 Å². The molecule has 0 N–H and O–H groups in total. The Morgan fingerprint density at radius 3 is 1.29 bits per heavy atom. The summed E-state index contributed by atoms with van der Waals surface area (Å²) in [6, 6.07) is 17.4. The Balaban J connectivity index is 1.58. The van der Waals surface area contributed by atoms with Crippen LogP contribution in [0.3, 0.4) is 0 Å². The van der Waals surface area contributed by atoms with Gasteiger partial charge in [-0.2, -0.15) is 0 Å². The van der Waals surface area contributed by atoms with Gasteiger partial charge in [0.15, 0.2) is 16.6 Å². The summed E-state index contributed by atoms with van der Waals surface area (Å²) < 4.78 is 18.3. The molecule has 0 bridgehead atoms. The Bertz CT molecular complexity index is 700. The molecule has 172 valence electrons. The molecule has 0 aliphatic carbocycles. The Morgan fingerprint density at radius 2 is 0.935 bits per heavy atom. The monoisotopic (exact) mass is 498 g/mol. The number of hydrogen-bond acceptors (Lipinski definition) is 3. The first-order valence-electron chi connectivity index (χ1n) is 11.1. The van der Waals surface area contributed by atoms with Crippen LogP contribution in [-0.4, -0.2) is 29.8 Å². The van der Waals surface area contributed by atoms with Crippen molar-refractivity contribution in [3.63, 3.8) is 0 Å². The smallest absolute Gasteiger partial charge is 0.173 e. The highest BCUT2D eigenvalue weighted by Gasteiger charge is 2.32. The first-order valence-corrected chi connectivity index (χ1v) is 18.1. The Kier molecular flexibility index (Phi) is 10.9. The molecule has 0 unspecified atom stereocenters. The summed E-state index contributed by atoms with van der Waals surface area (Å²) in [5.74, 6) is 1.76. The predicted octanol–water partition coefficient (Wildman–Crippen LogP) is 8.44. The first-order chi connectivity index (χ1) is 14.7. The molecule has 0 spiro atoms. The molecule has 31 heavy (non-hydrogen) atoms. The maximum Gasteiger partial charge on any atom is 0.173 e. The van der Waals surface area contributed by atoms with Crippen LogP contribution in [-0.2, 0) is 4.12 Å². The largest absolute Gasteiger partial charge is 0.494 e. The van der Waals surface area contributed by atoms with Gasteiger partial charge in [-0.25, -0.2) is 0 Å². The first kappa shape index (κ1) is 26.3. The van der Waals surface area contributed by atoms with Gasteiger partial charge in [-0.15, -0.1) is 0 Å². The second-order valence-corrected chi connectivity index (χ2v) is 18.9. The topological polar surface area (TPSA) is 27.7 Å². The third-order valence-electron chi connectivity index (χ3n) is 5.06. The van der Waals surface area contributed by atoms with Gasteiger partial charge >= 0.3 is 0 Å². The molecule has 0 heterocycles. The molecule has 0 atom stereocenters. The molecule has 0 saturated heterocycles. The molecule has 2 rings (SSSR count). The summed E-state index contributed by atoms with van der Waals surface area (Å²) >= 11 is 11.8. The van der Waals surface area contributed by atoms with Crippen molar-refractivity contribution < 1.29 is 13.6 Å². The molecular weight excluding hydrogens is 463 g/mol. The molecule has 3 nitrogen and oxygen atoms in total. The fraction of sp³-hybridized carbons (Fsp3) is 0.500. The van der Waals surface area contributed by atoms with Gasteiger partial charge in [0.2, 0.25) is 0 Å². The van der Waals surface area contributed by atoms with E-state index in [2.05, 4.69) is 26.2 Å². The molecule has 0 aliphatic heterocycles. The van der Waals surface area contributed by atoms with Crippen LogP contribution >= 0.6 is 23.2 Å². The lowest BCUT2D eigenvalue weighted by atomic mass is 10.3. The lowest BCUT2D eigenvalue weighted by Crippen LogP contribution is -2.44. The zero-order valence-electron chi connectivity index (χ0n) is 19.3. The van der Waals surface area contributed by atoms with E-state index in [-0.39, 0.29) is 0 Å². The van der Waals surface area contributed by atoms with E-state index in [1.54, 1.807) is 0 Å².